The van der Waals surface area contributed by atoms with Crippen LogP contribution in [-0.4, -0.2) is 25.8 Å². The van der Waals surface area contributed by atoms with Gasteiger partial charge in [0.2, 0.25) is 0 Å². The van der Waals surface area contributed by atoms with Crippen LogP contribution in [0.4, 0.5) is 11.6 Å². The summed E-state index contributed by atoms with van der Waals surface area (Å²) in [6, 6.07) is 8.99. The lowest BCUT2D eigenvalue weighted by Gasteiger charge is -2.07. The maximum atomic E-state index is 12.3. The van der Waals surface area contributed by atoms with Crippen LogP contribution in [0.2, 0.25) is 0 Å². The smallest absolute Gasteiger partial charge is 0.262 e. The molecule has 7 nitrogen and oxygen atoms in total. The normalized spacial score (nSPS) is 10.3. The van der Waals surface area contributed by atoms with Crippen molar-refractivity contribution >= 4 is 17.5 Å². The Balaban J connectivity index is 1.84. The van der Waals surface area contributed by atoms with Crippen LogP contribution in [0, 0.1) is 6.92 Å². The number of carbonyl (C=O) groups excluding carboxylic acids is 1. The molecule has 0 fully saturated rings. The van der Waals surface area contributed by atoms with Crippen LogP contribution in [0.5, 0.6) is 0 Å². The van der Waals surface area contributed by atoms with Crippen molar-refractivity contribution in [2.45, 2.75) is 6.92 Å². The van der Waals surface area contributed by atoms with Crippen molar-refractivity contribution in [2.75, 3.05) is 11.1 Å². The standard InChI is InChI=1S/C16H14N6O/c1-10-5-7-19-13(8-10)21-16(23)11-9-20-15(22-14(11)17)12-4-2-3-6-18-12/h2-9H,1H3,(H2,17,20,22)(H,19,21,23). The molecule has 0 radical (unpaired) electrons. The summed E-state index contributed by atoms with van der Waals surface area (Å²) >= 11 is 0. The first-order chi connectivity index (χ1) is 11.1. The number of pyridine rings is 2. The third-order valence-corrected chi connectivity index (χ3v) is 3.11. The van der Waals surface area contributed by atoms with Gasteiger partial charge in [-0.05, 0) is 36.8 Å². The van der Waals surface area contributed by atoms with E-state index in [2.05, 4.69) is 25.3 Å². The zero-order valence-corrected chi connectivity index (χ0v) is 12.4. The number of rotatable bonds is 3. The van der Waals surface area contributed by atoms with Crippen molar-refractivity contribution < 1.29 is 4.79 Å². The maximum absolute atomic E-state index is 12.3. The molecule has 0 saturated carbocycles. The van der Waals surface area contributed by atoms with E-state index in [1.165, 1.54) is 6.20 Å². The number of nitrogen functional groups attached to an aromatic ring is 1. The molecule has 3 N–H and O–H groups in total. The summed E-state index contributed by atoms with van der Waals surface area (Å²) in [5, 5.41) is 2.67. The Bertz CT molecular complexity index is 850. The van der Waals surface area contributed by atoms with Gasteiger partial charge in [-0.15, -0.1) is 0 Å². The first-order valence-electron chi connectivity index (χ1n) is 6.91. The van der Waals surface area contributed by atoms with Crippen LogP contribution >= 0.6 is 0 Å². The van der Waals surface area contributed by atoms with E-state index in [-0.39, 0.29) is 11.4 Å². The molecule has 23 heavy (non-hydrogen) atoms. The Morgan fingerprint density at radius 3 is 2.70 bits per heavy atom. The van der Waals surface area contributed by atoms with Crippen molar-refractivity contribution in [3.05, 3.63) is 60.0 Å². The maximum Gasteiger partial charge on any atom is 0.262 e. The van der Waals surface area contributed by atoms with Gasteiger partial charge in [0.05, 0.1) is 0 Å². The van der Waals surface area contributed by atoms with Crippen molar-refractivity contribution in [1.29, 1.82) is 0 Å². The third kappa shape index (κ3) is 3.29. The fourth-order valence-electron chi connectivity index (χ4n) is 1.98. The van der Waals surface area contributed by atoms with E-state index < -0.39 is 5.91 Å². The van der Waals surface area contributed by atoms with Crippen LogP contribution in [0.1, 0.15) is 15.9 Å². The number of anilines is 2. The molecule has 0 aliphatic carbocycles. The van der Waals surface area contributed by atoms with Crippen molar-refractivity contribution in [3.63, 3.8) is 0 Å². The summed E-state index contributed by atoms with van der Waals surface area (Å²) in [4.78, 5) is 28.8. The fraction of sp³-hybridized carbons (Fsp3) is 0.0625. The number of aromatic nitrogens is 4. The first-order valence-corrected chi connectivity index (χ1v) is 6.91. The van der Waals surface area contributed by atoms with E-state index in [9.17, 15) is 4.79 Å². The largest absolute Gasteiger partial charge is 0.383 e. The highest BCUT2D eigenvalue weighted by Gasteiger charge is 2.14. The number of hydrogen-bond acceptors (Lipinski definition) is 6. The molecular weight excluding hydrogens is 292 g/mol. The predicted octanol–water partition coefficient (Wildman–Crippen LogP) is 2.08. The number of amides is 1. The lowest BCUT2D eigenvalue weighted by atomic mass is 10.2. The quantitative estimate of drug-likeness (QED) is 0.767. The monoisotopic (exact) mass is 306 g/mol. The minimum atomic E-state index is -0.409. The Hall–Kier alpha value is -3.35. The molecule has 0 aliphatic rings. The highest BCUT2D eigenvalue weighted by atomic mass is 16.1. The van der Waals surface area contributed by atoms with E-state index in [1.54, 1.807) is 30.6 Å². The summed E-state index contributed by atoms with van der Waals surface area (Å²) in [5.41, 5.74) is 7.65. The topological polar surface area (TPSA) is 107 Å². The Kier molecular flexibility index (Phi) is 3.92. The van der Waals surface area contributed by atoms with Gasteiger partial charge in [-0.2, -0.15) is 0 Å². The molecular formula is C16H14N6O. The second kappa shape index (κ2) is 6.18. The first kappa shape index (κ1) is 14.6. The zero-order valence-electron chi connectivity index (χ0n) is 12.4. The Labute approximate surface area is 132 Å². The summed E-state index contributed by atoms with van der Waals surface area (Å²) in [5.74, 6) is 0.496. The Morgan fingerprint density at radius 2 is 2.00 bits per heavy atom. The summed E-state index contributed by atoms with van der Waals surface area (Å²) < 4.78 is 0. The van der Waals surface area contributed by atoms with Crippen LogP contribution < -0.4 is 11.1 Å². The minimum absolute atomic E-state index is 0.0887. The van der Waals surface area contributed by atoms with E-state index in [4.69, 9.17) is 5.73 Å². The average molecular weight is 306 g/mol. The molecule has 0 bridgehead atoms. The highest BCUT2D eigenvalue weighted by Crippen LogP contribution is 2.16. The summed E-state index contributed by atoms with van der Waals surface area (Å²) in [7, 11) is 0. The van der Waals surface area contributed by atoms with Crippen molar-refractivity contribution in [2.24, 2.45) is 0 Å². The average Bonchev–Trinajstić information content (AvgIpc) is 2.55. The van der Waals surface area contributed by atoms with Gasteiger partial charge in [-0.25, -0.2) is 15.0 Å². The van der Waals surface area contributed by atoms with Crippen LogP contribution in [0.15, 0.2) is 48.9 Å². The number of nitrogens with zero attached hydrogens (tertiary/aromatic N) is 4. The fourth-order valence-corrected chi connectivity index (χ4v) is 1.98. The molecule has 0 spiro atoms. The van der Waals surface area contributed by atoms with E-state index in [1.807, 2.05) is 19.1 Å². The van der Waals surface area contributed by atoms with Gasteiger partial charge in [0.1, 0.15) is 22.9 Å². The molecule has 7 heteroatoms. The van der Waals surface area contributed by atoms with E-state index in [0.717, 1.165) is 5.56 Å². The van der Waals surface area contributed by atoms with E-state index >= 15 is 0 Å². The Morgan fingerprint density at radius 1 is 1.13 bits per heavy atom. The number of hydrogen-bond donors (Lipinski definition) is 2. The van der Waals surface area contributed by atoms with Gasteiger partial charge >= 0.3 is 0 Å². The molecule has 0 aliphatic heterocycles. The van der Waals surface area contributed by atoms with E-state index in [0.29, 0.717) is 17.3 Å². The van der Waals surface area contributed by atoms with Gasteiger partial charge < -0.3 is 11.1 Å². The molecule has 3 rings (SSSR count). The minimum Gasteiger partial charge on any atom is -0.383 e. The molecule has 1 amide bonds. The van der Waals surface area contributed by atoms with Gasteiger partial charge in [-0.1, -0.05) is 6.07 Å². The zero-order chi connectivity index (χ0) is 16.2. The lowest BCUT2D eigenvalue weighted by Crippen LogP contribution is -2.16. The molecule has 114 valence electrons. The molecule has 0 saturated heterocycles. The second-order valence-electron chi connectivity index (χ2n) is 4.88. The van der Waals surface area contributed by atoms with Gasteiger partial charge in [0, 0.05) is 18.6 Å². The van der Waals surface area contributed by atoms with Crippen molar-refractivity contribution in [3.8, 4) is 11.5 Å². The lowest BCUT2D eigenvalue weighted by molar-refractivity contribution is 0.102. The molecule has 3 aromatic heterocycles. The SMILES string of the molecule is Cc1ccnc(NC(=O)c2cnc(-c3ccccn3)nc2N)c1. The molecule has 3 aromatic rings. The molecule has 0 aromatic carbocycles. The van der Waals surface area contributed by atoms with Crippen LogP contribution in [-0.2, 0) is 0 Å². The number of nitrogens with one attached hydrogen (secondary N) is 1. The number of carbonyl (C=O) groups is 1. The van der Waals surface area contributed by atoms with Gasteiger partial charge in [0.25, 0.3) is 5.91 Å². The predicted molar refractivity (Wildman–Crippen MR) is 86.6 cm³/mol. The van der Waals surface area contributed by atoms with Crippen LogP contribution in [0.25, 0.3) is 11.5 Å². The second-order valence-corrected chi connectivity index (χ2v) is 4.88. The highest BCUT2D eigenvalue weighted by molar-refractivity contribution is 6.06. The van der Waals surface area contributed by atoms with Crippen molar-refractivity contribution in [1.82, 2.24) is 19.9 Å². The van der Waals surface area contributed by atoms with Gasteiger partial charge in [-0.3, -0.25) is 9.78 Å². The molecule has 0 atom stereocenters. The summed E-state index contributed by atoms with van der Waals surface area (Å²) in [6.07, 6.45) is 4.64. The molecule has 0 unspecified atom stereocenters. The number of nitrogens with two attached hydrogens (primary N) is 1. The summed E-state index contributed by atoms with van der Waals surface area (Å²) in [6.45, 7) is 1.91. The molecule has 3 heterocycles. The van der Waals surface area contributed by atoms with Gasteiger partial charge in [0.15, 0.2) is 5.82 Å². The number of aryl methyl sites for hydroxylation is 1. The van der Waals surface area contributed by atoms with Crippen LogP contribution in [0.3, 0.4) is 0 Å². The third-order valence-electron chi connectivity index (χ3n) is 3.11.